The number of pyridine rings is 2. The van der Waals surface area contributed by atoms with Crippen LogP contribution in [-0.4, -0.2) is 36.4 Å². The number of rotatable bonds is 2. The number of aryl methyl sites for hydroxylation is 2. The first-order chi connectivity index (χ1) is 21.4. The molecule has 44 heavy (non-hydrogen) atoms. The number of nitrogens with zero attached hydrogens (tertiary/aromatic N) is 6. The summed E-state index contributed by atoms with van der Waals surface area (Å²) >= 11 is 0. The Bertz CT molecular complexity index is 1270. The van der Waals surface area contributed by atoms with Crippen molar-refractivity contribution in [1.29, 1.82) is 0 Å². The zero-order chi connectivity index (χ0) is 33.4. The van der Waals surface area contributed by atoms with E-state index in [0.29, 0.717) is 12.3 Å². The lowest BCUT2D eigenvalue weighted by Crippen LogP contribution is -2.35. The predicted molar refractivity (Wildman–Crippen MR) is 196 cm³/mol. The number of anilines is 6. The Morgan fingerprint density at radius 3 is 1.27 bits per heavy atom. The average molecular weight is 599 g/mol. The summed E-state index contributed by atoms with van der Waals surface area (Å²) < 4.78 is 0. The summed E-state index contributed by atoms with van der Waals surface area (Å²) in [5, 5.41) is 0. The molecule has 0 fully saturated rings. The normalized spacial score (nSPS) is 15.3. The average Bonchev–Trinajstić information content (AvgIpc) is 3.50. The molecule has 0 amide bonds. The lowest BCUT2D eigenvalue weighted by molar-refractivity contribution is 0.732. The molecule has 2 aliphatic heterocycles. The van der Waals surface area contributed by atoms with E-state index >= 15 is 0 Å². The van der Waals surface area contributed by atoms with Gasteiger partial charge in [-0.15, -0.1) is 0 Å². The van der Waals surface area contributed by atoms with Crippen LogP contribution < -0.4 is 19.6 Å². The van der Waals surface area contributed by atoms with Crippen LogP contribution in [0.4, 0.5) is 34.1 Å². The molecule has 240 valence electrons. The van der Waals surface area contributed by atoms with Crippen molar-refractivity contribution in [3.63, 3.8) is 0 Å². The highest BCUT2D eigenvalue weighted by Gasteiger charge is 2.33. The highest BCUT2D eigenvalue weighted by atomic mass is 15.4. The van der Waals surface area contributed by atoms with E-state index in [1.165, 1.54) is 45.3 Å². The van der Waals surface area contributed by atoms with Gasteiger partial charge >= 0.3 is 0 Å². The van der Waals surface area contributed by atoms with Crippen LogP contribution >= 0.6 is 0 Å². The number of fused-ring (bicyclic) bond motifs is 2. The van der Waals surface area contributed by atoms with Gasteiger partial charge in [-0.2, -0.15) is 0 Å². The molecule has 0 spiro atoms. The Balaban J connectivity index is 0.000000359. The van der Waals surface area contributed by atoms with E-state index in [9.17, 15) is 0 Å². The molecule has 2 aromatic heterocycles. The van der Waals surface area contributed by atoms with Gasteiger partial charge in [0.05, 0.1) is 35.1 Å². The summed E-state index contributed by atoms with van der Waals surface area (Å²) in [7, 11) is 4.24. The molecule has 4 heterocycles. The molecule has 4 aromatic rings. The van der Waals surface area contributed by atoms with Gasteiger partial charge in [0.2, 0.25) is 0 Å². The second kappa shape index (κ2) is 19.3. The molecule has 0 unspecified atom stereocenters. The fourth-order valence-electron chi connectivity index (χ4n) is 5.20. The standard InChI is InChI=1S/2C15H17N3.4C2H6/c1-11-6-4-5-7-13(11)18-12(2)17(3)15-10-16-9-8-14(15)18;1-11-6-4-5-7-13(11)18-12(2)17(3)14-8-9-16-10-15(14)18;4*1-2/h2*4-10,12H,1-3H3;4*1-2H3/t2*12-;;;;/m00..../s1. The molecular formula is C38H58N6. The molecule has 2 atom stereocenters. The predicted octanol–water partition coefficient (Wildman–Crippen LogP) is 10.8. The Labute approximate surface area is 269 Å². The van der Waals surface area contributed by atoms with Crippen molar-refractivity contribution in [3.8, 4) is 0 Å². The highest BCUT2D eigenvalue weighted by Crippen LogP contribution is 2.44. The summed E-state index contributed by atoms with van der Waals surface area (Å²) in [5.41, 5.74) is 9.94. The monoisotopic (exact) mass is 598 g/mol. The number of benzene rings is 2. The van der Waals surface area contributed by atoms with E-state index in [4.69, 9.17) is 0 Å². The number of hydrogen-bond acceptors (Lipinski definition) is 6. The fraction of sp³-hybridized carbons (Fsp3) is 0.421. The molecule has 6 heteroatoms. The van der Waals surface area contributed by atoms with Crippen molar-refractivity contribution in [2.45, 2.75) is 95.4 Å². The van der Waals surface area contributed by atoms with Crippen LogP contribution in [0.3, 0.4) is 0 Å². The van der Waals surface area contributed by atoms with Crippen molar-refractivity contribution in [3.05, 3.63) is 96.6 Å². The van der Waals surface area contributed by atoms with Crippen molar-refractivity contribution < 1.29 is 0 Å². The summed E-state index contributed by atoms with van der Waals surface area (Å²) in [6.07, 6.45) is 8.21. The van der Waals surface area contributed by atoms with E-state index in [1.807, 2.05) is 80.2 Å². The Kier molecular flexibility index (Phi) is 16.6. The highest BCUT2D eigenvalue weighted by molar-refractivity contribution is 5.84. The third kappa shape index (κ3) is 8.10. The molecule has 6 rings (SSSR count). The molecule has 0 bridgehead atoms. The molecule has 0 saturated heterocycles. The number of para-hydroxylation sites is 2. The molecule has 0 radical (unpaired) electrons. The summed E-state index contributed by atoms with van der Waals surface area (Å²) in [6.45, 7) is 24.7. The smallest absolute Gasteiger partial charge is 0.103 e. The Morgan fingerprint density at radius 1 is 0.455 bits per heavy atom. The SMILES string of the molecule is CC.CC.CC.CC.Cc1ccccc1N1c2ccncc2N(C)[C@@H]1C.Cc1ccccc1N1c2cnccc2N(C)[C@@H]1C. The van der Waals surface area contributed by atoms with Crippen LogP contribution in [0.5, 0.6) is 0 Å². The Hall–Kier alpha value is -4.06. The van der Waals surface area contributed by atoms with Crippen molar-refractivity contribution in [2.24, 2.45) is 0 Å². The van der Waals surface area contributed by atoms with Gasteiger partial charge < -0.3 is 19.6 Å². The van der Waals surface area contributed by atoms with Crippen LogP contribution in [0.25, 0.3) is 0 Å². The van der Waals surface area contributed by atoms with Crippen LogP contribution in [0, 0.1) is 13.8 Å². The van der Waals surface area contributed by atoms with Gasteiger partial charge in [-0.1, -0.05) is 91.8 Å². The molecule has 2 aromatic carbocycles. The van der Waals surface area contributed by atoms with Crippen LogP contribution in [-0.2, 0) is 0 Å². The van der Waals surface area contributed by atoms with Gasteiger partial charge in [0.25, 0.3) is 0 Å². The van der Waals surface area contributed by atoms with Crippen LogP contribution in [0.15, 0.2) is 85.5 Å². The minimum Gasteiger partial charge on any atom is -0.352 e. The fourth-order valence-corrected chi connectivity index (χ4v) is 5.20. The summed E-state index contributed by atoms with van der Waals surface area (Å²) in [6, 6.07) is 21.1. The zero-order valence-corrected chi connectivity index (χ0v) is 29.9. The third-order valence-electron chi connectivity index (χ3n) is 7.45. The molecule has 0 aliphatic carbocycles. The molecule has 0 saturated carbocycles. The minimum atomic E-state index is 0.310. The third-order valence-corrected chi connectivity index (χ3v) is 7.45. The second-order valence-electron chi connectivity index (χ2n) is 9.53. The quantitative estimate of drug-likeness (QED) is 0.228. The van der Waals surface area contributed by atoms with Gasteiger partial charge in [-0.25, -0.2) is 0 Å². The molecule has 0 N–H and O–H groups in total. The minimum absolute atomic E-state index is 0.310. The van der Waals surface area contributed by atoms with E-state index in [2.05, 4.69) is 132 Å². The largest absolute Gasteiger partial charge is 0.352 e. The molecule has 6 nitrogen and oxygen atoms in total. The van der Waals surface area contributed by atoms with E-state index in [1.54, 1.807) is 0 Å². The van der Waals surface area contributed by atoms with Gasteiger partial charge in [-0.3, -0.25) is 9.97 Å². The first-order valence-electron chi connectivity index (χ1n) is 16.4. The number of hydrogen-bond donors (Lipinski definition) is 0. The maximum Gasteiger partial charge on any atom is 0.103 e. The van der Waals surface area contributed by atoms with Crippen LogP contribution in [0.2, 0.25) is 0 Å². The van der Waals surface area contributed by atoms with E-state index in [-0.39, 0.29) is 0 Å². The van der Waals surface area contributed by atoms with Gasteiger partial charge in [0.1, 0.15) is 12.3 Å². The second-order valence-corrected chi connectivity index (χ2v) is 9.53. The molecule has 2 aliphatic rings. The summed E-state index contributed by atoms with van der Waals surface area (Å²) in [5.74, 6) is 0. The van der Waals surface area contributed by atoms with E-state index in [0.717, 1.165) is 0 Å². The zero-order valence-electron chi connectivity index (χ0n) is 29.9. The van der Waals surface area contributed by atoms with Crippen molar-refractivity contribution >= 4 is 34.1 Å². The van der Waals surface area contributed by atoms with Gasteiger partial charge in [-0.05, 0) is 63.1 Å². The Morgan fingerprint density at radius 2 is 0.818 bits per heavy atom. The first kappa shape index (κ1) is 38.0. The molecular weight excluding hydrogens is 540 g/mol. The van der Waals surface area contributed by atoms with Crippen molar-refractivity contribution in [1.82, 2.24) is 9.97 Å². The first-order valence-corrected chi connectivity index (χ1v) is 16.4. The maximum absolute atomic E-state index is 4.26. The lowest BCUT2D eigenvalue weighted by Gasteiger charge is -2.28. The number of aromatic nitrogens is 2. The van der Waals surface area contributed by atoms with Gasteiger partial charge in [0.15, 0.2) is 0 Å². The van der Waals surface area contributed by atoms with E-state index < -0.39 is 0 Å². The topological polar surface area (TPSA) is 38.7 Å². The maximum atomic E-state index is 4.26. The summed E-state index contributed by atoms with van der Waals surface area (Å²) in [4.78, 5) is 17.7. The van der Waals surface area contributed by atoms with Crippen molar-refractivity contribution in [2.75, 3.05) is 33.7 Å². The lowest BCUT2D eigenvalue weighted by atomic mass is 10.1. The van der Waals surface area contributed by atoms with Crippen LogP contribution in [0.1, 0.15) is 80.4 Å². The van der Waals surface area contributed by atoms with Gasteiger partial charge in [0, 0.05) is 37.9 Å².